The Balaban J connectivity index is 1.62. The standard InChI is InChI=1S/C31H33ClN4O2S/c1-19-14-20(2)16-24(15-19)35-21(3)17-25(22(35)4)30-29(27-8-6-7-11-33-27)34-31(39)36(30)23-9-10-28(26(32)18-23)38-13-12-37-5/h6-11,14-18,29-30H,12-13H2,1-5H3,(H,34,39)/t29-,30-/m0/s1. The molecule has 8 heteroatoms. The number of halogens is 1. The molecule has 0 spiro atoms. The summed E-state index contributed by atoms with van der Waals surface area (Å²) in [6, 6.07) is 20.4. The molecule has 0 bridgehead atoms. The van der Waals surface area contributed by atoms with E-state index in [0.717, 1.165) is 28.5 Å². The third kappa shape index (κ3) is 5.39. The van der Waals surface area contributed by atoms with Gasteiger partial charge in [0.1, 0.15) is 12.4 Å². The number of methoxy groups -OCH3 is 1. The van der Waals surface area contributed by atoms with Gasteiger partial charge in [-0.3, -0.25) is 4.98 Å². The first-order chi connectivity index (χ1) is 18.8. The lowest BCUT2D eigenvalue weighted by molar-refractivity contribution is 0.146. The van der Waals surface area contributed by atoms with E-state index >= 15 is 0 Å². The maximum atomic E-state index is 6.68. The first-order valence-electron chi connectivity index (χ1n) is 13.0. The molecule has 0 unspecified atom stereocenters. The van der Waals surface area contributed by atoms with Crippen molar-refractivity contribution in [2.75, 3.05) is 25.2 Å². The summed E-state index contributed by atoms with van der Waals surface area (Å²) in [4.78, 5) is 6.85. The highest BCUT2D eigenvalue weighted by atomic mass is 35.5. The summed E-state index contributed by atoms with van der Waals surface area (Å²) in [6.45, 7) is 9.51. The average molecular weight is 561 g/mol. The maximum Gasteiger partial charge on any atom is 0.174 e. The molecule has 2 aromatic carbocycles. The van der Waals surface area contributed by atoms with Gasteiger partial charge in [-0.1, -0.05) is 23.7 Å². The first kappa shape index (κ1) is 27.2. The van der Waals surface area contributed by atoms with Gasteiger partial charge < -0.3 is 24.3 Å². The molecule has 5 rings (SSSR count). The number of aromatic nitrogens is 2. The third-order valence-electron chi connectivity index (χ3n) is 7.09. The van der Waals surface area contributed by atoms with E-state index in [4.69, 9.17) is 38.3 Å². The van der Waals surface area contributed by atoms with Crippen molar-refractivity contribution in [1.82, 2.24) is 14.9 Å². The van der Waals surface area contributed by atoms with Crippen LogP contribution in [0.5, 0.6) is 5.75 Å². The van der Waals surface area contributed by atoms with Crippen molar-refractivity contribution in [3.05, 3.63) is 106 Å². The number of thiocarbonyl (C=S) groups is 1. The summed E-state index contributed by atoms with van der Waals surface area (Å²) in [5.41, 5.74) is 8.92. The SMILES string of the molecule is COCCOc1ccc(N2C(=S)N[C@@H](c3ccccn3)[C@@H]2c2cc(C)n(-c3cc(C)cc(C)c3)c2C)cc1Cl. The molecule has 1 aliphatic heterocycles. The second-order valence-corrected chi connectivity index (χ2v) is 10.8. The molecular formula is C31H33ClN4O2S. The minimum absolute atomic E-state index is 0.144. The zero-order valence-electron chi connectivity index (χ0n) is 22.9. The number of pyridine rings is 1. The van der Waals surface area contributed by atoms with Gasteiger partial charge in [0.15, 0.2) is 5.11 Å². The Hall–Kier alpha value is -3.39. The number of nitrogens with one attached hydrogen (secondary N) is 1. The minimum atomic E-state index is -0.150. The number of anilines is 1. The number of aryl methyl sites for hydroxylation is 3. The van der Waals surface area contributed by atoms with Crippen LogP contribution in [0.1, 0.15) is 45.9 Å². The molecule has 4 aromatic rings. The summed E-state index contributed by atoms with van der Waals surface area (Å²) in [5.74, 6) is 0.612. The molecular weight excluding hydrogens is 528 g/mol. The Labute approximate surface area is 240 Å². The largest absolute Gasteiger partial charge is 0.490 e. The van der Waals surface area contributed by atoms with Crippen LogP contribution in [0.2, 0.25) is 5.02 Å². The van der Waals surface area contributed by atoms with Crippen molar-refractivity contribution in [3.63, 3.8) is 0 Å². The lowest BCUT2D eigenvalue weighted by Crippen LogP contribution is -2.29. The number of rotatable bonds is 8. The number of ether oxygens (including phenoxy) is 2. The van der Waals surface area contributed by atoms with Crippen molar-refractivity contribution < 1.29 is 9.47 Å². The van der Waals surface area contributed by atoms with Crippen molar-refractivity contribution in [1.29, 1.82) is 0 Å². The van der Waals surface area contributed by atoms with Crippen molar-refractivity contribution in [2.45, 2.75) is 39.8 Å². The van der Waals surface area contributed by atoms with Crippen LogP contribution >= 0.6 is 23.8 Å². The van der Waals surface area contributed by atoms with Gasteiger partial charge in [-0.15, -0.1) is 0 Å². The second-order valence-electron chi connectivity index (χ2n) is 9.96. The molecule has 0 saturated carbocycles. The lowest BCUT2D eigenvalue weighted by Gasteiger charge is -2.28. The molecule has 0 radical (unpaired) electrons. The minimum Gasteiger partial charge on any atom is -0.490 e. The second kappa shape index (κ2) is 11.4. The summed E-state index contributed by atoms with van der Waals surface area (Å²) >= 11 is 12.6. The Bertz CT molecular complexity index is 1480. The highest BCUT2D eigenvalue weighted by Gasteiger charge is 2.42. The highest BCUT2D eigenvalue weighted by Crippen LogP contribution is 2.45. The van der Waals surface area contributed by atoms with Gasteiger partial charge in [-0.2, -0.15) is 0 Å². The molecule has 202 valence electrons. The Morgan fingerprint density at radius 2 is 1.72 bits per heavy atom. The fraction of sp³-hybridized carbons (Fsp3) is 0.290. The van der Waals surface area contributed by atoms with Gasteiger partial charge in [-0.05, 0) is 105 Å². The van der Waals surface area contributed by atoms with Crippen LogP contribution in [0, 0.1) is 27.7 Å². The van der Waals surface area contributed by atoms with E-state index < -0.39 is 0 Å². The summed E-state index contributed by atoms with van der Waals surface area (Å²) in [7, 11) is 1.64. The van der Waals surface area contributed by atoms with E-state index in [2.05, 4.69) is 66.7 Å². The summed E-state index contributed by atoms with van der Waals surface area (Å²) in [6.07, 6.45) is 1.82. The van der Waals surface area contributed by atoms with Crippen LogP contribution in [0.15, 0.2) is 66.9 Å². The monoisotopic (exact) mass is 560 g/mol. The van der Waals surface area contributed by atoms with E-state index in [9.17, 15) is 0 Å². The zero-order chi connectivity index (χ0) is 27.7. The van der Waals surface area contributed by atoms with Crippen molar-refractivity contribution in [2.24, 2.45) is 0 Å². The van der Waals surface area contributed by atoms with Gasteiger partial charge in [0.05, 0.1) is 29.4 Å². The van der Waals surface area contributed by atoms with E-state index in [0.29, 0.717) is 29.1 Å². The zero-order valence-corrected chi connectivity index (χ0v) is 24.4. The Morgan fingerprint density at radius 1 is 0.949 bits per heavy atom. The third-order valence-corrected chi connectivity index (χ3v) is 7.70. The van der Waals surface area contributed by atoms with Crippen LogP contribution < -0.4 is 15.0 Å². The molecule has 2 aromatic heterocycles. The first-order valence-corrected chi connectivity index (χ1v) is 13.8. The quantitative estimate of drug-likeness (QED) is 0.186. The van der Waals surface area contributed by atoms with Gasteiger partial charge in [-0.25, -0.2) is 0 Å². The summed E-state index contributed by atoms with van der Waals surface area (Å²) < 4.78 is 13.2. The Morgan fingerprint density at radius 3 is 2.38 bits per heavy atom. The molecule has 1 saturated heterocycles. The van der Waals surface area contributed by atoms with Crippen molar-refractivity contribution >= 4 is 34.6 Å². The number of hydrogen-bond donors (Lipinski definition) is 1. The normalized spacial score (nSPS) is 17.0. The molecule has 0 amide bonds. The molecule has 1 N–H and O–H groups in total. The fourth-order valence-electron chi connectivity index (χ4n) is 5.50. The van der Waals surface area contributed by atoms with Gasteiger partial charge in [0, 0.05) is 36.1 Å². The fourth-order valence-corrected chi connectivity index (χ4v) is 6.08. The van der Waals surface area contributed by atoms with Gasteiger partial charge in [0.25, 0.3) is 0 Å². The molecule has 39 heavy (non-hydrogen) atoms. The van der Waals surface area contributed by atoms with Crippen LogP contribution in [-0.2, 0) is 4.74 Å². The molecule has 1 fully saturated rings. The molecule has 6 nitrogen and oxygen atoms in total. The molecule has 1 aliphatic rings. The van der Waals surface area contributed by atoms with Crippen LogP contribution in [0.4, 0.5) is 5.69 Å². The molecule has 3 heterocycles. The van der Waals surface area contributed by atoms with Gasteiger partial charge in [0.2, 0.25) is 0 Å². The van der Waals surface area contributed by atoms with Crippen molar-refractivity contribution in [3.8, 4) is 11.4 Å². The van der Waals surface area contributed by atoms with E-state index in [-0.39, 0.29) is 12.1 Å². The predicted octanol–water partition coefficient (Wildman–Crippen LogP) is 6.96. The van der Waals surface area contributed by atoms with Crippen LogP contribution in [0.3, 0.4) is 0 Å². The highest BCUT2D eigenvalue weighted by molar-refractivity contribution is 7.80. The average Bonchev–Trinajstić information content (AvgIpc) is 3.40. The number of hydrogen-bond acceptors (Lipinski definition) is 4. The Kier molecular flexibility index (Phi) is 7.93. The maximum absolute atomic E-state index is 6.68. The smallest absolute Gasteiger partial charge is 0.174 e. The topological polar surface area (TPSA) is 51.6 Å². The van der Waals surface area contributed by atoms with Crippen LogP contribution in [0.25, 0.3) is 5.69 Å². The van der Waals surface area contributed by atoms with E-state index in [1.54, 1.807) is 7.11 Å². The predicted molar refractivity (Wildman–Crippen MR) is 161 cm³/mol. The lowest BCUT2D eigenvalue weighted by atomic mass is 9.96. The number of nitrogens with zero attached hydrogens (tertiary/aromatic N) is 3. The van der Waals surface area contributed by atoms with Crippen LogP contribution in [-0.4, -0.2) is 35.0 Å². The van der Waals surface area contributed by atoms with E-state index in [1.165, 1.54) is 16.7 Å². The molecule has 0 aliphatic carbocycles. The van der Waals surface area contributed by atoms with Gasteiger partial charge >= 0.3 is 0 Å². The number of benzene rings is 2. The summed E-state index contributed by atoms with van der Waals surface area (Å²) in [5, 5.41) is 4.69. The molecule has 2 atom stereocenters. The van der Waals surface area contributed by atoms with E-state index in [1.807, 2.05) is 42.6 Å².